The van der Waals surface area contributed by atoms with Gasteiger partial charge in [-0.25, -0.2) is 0 Å². The molecule has 0 aliphatic carbocycles. The van der Waals surface area contributed by atoms with Crippen molar-refractivity contribution in [3.8, 4) is 0 Å². The van der Waals surface area contributed by atoms with Gasteiger partial charge < -0.3 is 36.8 Å². The molecule has 1 aromatic rings. The third-order valence-corrected chi connectivity index (χ3v) is 9.05. The van der Waals surface area contributed by atoms with Crippen molar-refractivity contribution in [1.82, 2.24) is 36.8 Å². The Morgan fingerprint density at radius 3 is 2.16 bits per heavy atom. The molecule has 49 heavy (non-hydrogen) atoms. The van der Waals surface area contributed by atoms with E-state index in [4.69, 9.17) is 0 Å². The van der Waals surface area contributed by atoms with Gasteiger partial charge in [-0.3, -0.25) is 28.8 Å². The van der Waals surface area contributed by atoms with E-state index in [9.17, 15) is 28.8 Å². The minimum absolute atomic E-state index is 0.113. The number of carbonyl (C=O) groups excluding carboxylic acids is 6. The minimum atomic E-state index is -1.04. The summed E-state index contributed by atoms with van der Waals surface area (Å²) in [7, 11) is 1.49. The normalized spacial score (nSPS) is 26.5. The molecular weight excluding hydrogens is 626 g/mol. The van der Waals surface area contributed by atoms with Crippen LogP contribution >= 0.6 is 0 Å². The van der Waals surface area contributed by atoms with E-state index < -0.39 is 53.7 Å². The van der Waals surface area contributed by atoms with E-state index in [0.717, 1.165) is 18.4 Å². The summed E-state index contributed by atoms with van der Waals surface area (Å²) in [6.07, 6.45) is 2.61. The fourth-order valence-electron chi connectivity index (χ4n) is 7.12. The van der Waals surface area contributed by atoms with Gasteiger partial charge in [0.05, 0.1) is 6.54 Å². The van der Waals surface area contributed by atoms with Crippen molar-refractivity contribution in [1.29, 1.82) is 0 Å². The number of benzene rings is 1. The van der Waals surface area contributed by atoms with Gasteiger partial charge in [0.1, 0.15) is 24.2 Å². The Hall–Kier alpha value is -4.00. The van der Waals surface area contributed by atoms with Gasteiger partial charge in [-0.1, -0.05) is 44.2 Å². The van der Waals surface area contributed by atoms with Crippen LogP contribution in [0.3, 0.4) is 0 Å². The highest BCUT2D eigenvalue weighted by molar-refractivity contribution is 5.96. The van der Waals surface area contributed by atoms with Crippen LogP contribution in [0.5, 0.6) is 0 Å². The lowest BCUT2D eigenvalue weighted by molar-refractivity contribution is -0.139. The van der Waals surface area contributed by atoms with Gasteiger partial charge in [0.25, 0.3) is 0 Å². The van der Waals surface area contributed by atoms with Gasteiger partial charge in [0.15, 0.2) is 0 Å². The van der Waals surface area contributed by atoms with Crippen molar-refractivity contribution in [2.24, 2.45) is 11.8 Å². The van der Waals surface area contributed by atoms with Crippen LogP contribution in [0.2, 0.25) is 0 Å². The van der Waals surface area contributed by atoms with Crippen molar-refractivity contribution in [3.05, 3.63) is 35.9 Å². The van der Waals surface area contributed by atoms with Gasteiger partial charge in [-0.2, -0.15) is 0 Å². The molecule has 0 spiro atoms. The molecule has 0 radical (unpaired) electrons. The first-order valence-corrected chi connectivity index (χ1v) is 17.4. The van der Waals surface area contributed by atoms with Crippen molar-refractivity contribution in [3.63, 3.8) is 0 Å². The topological polar surface area (TPSA) is 178 Å². The summed E-state index contributed by atoms with van der Waals surface area (Å²) < 4.78 is 0. The number of carbonyl (C=O) groups is 6. The van der Waals surface area contributed by atoms with Gasteiger partial charge in [-0.15, -0.1) is 0 Å². The highest BCUT2D eigenvalue weighted by atomic mass is 16.2. The Kier molecular flexibility index (Phi) is 13.8. The van der Waals surface area contributed by atoms with E-state index in [-0.39, 0.29) is 61.2 Å². The molecule has 1 aromatic carbocycles. The first-order valence-electron chi connectivity index (χ1n) is 17.4. The summed E-state index contributed by atoms with van der Waals surface area (Å²) in [5.41, 5.74) is 0.524. The Morgan fingerprint density at radius 1 is 0.918 bits per heavy atom. The Morgan fingerprint density at radius 2 is 1.55 bits per heavy atom. The molecule has 2 heterocycles. The lowest BCUT2D eigenvalue weighted by atomic mass is 9.74. The number of amides is 6. The molecule has 2 saturated heterocycles. The molecule has 2 fully saturated rings. The molecule has 2 aliphatic heterocycles. The Labute approximate surface area is 290 Å². The number of hydrogen-bond acceptors (Lipinski definition) is 7. The largest absolute Gasteiger partial charge is 0.355 e. The summed E-state index contributed by atoms with van der Waals surface area (Å²) in [6, 6.07) is 5.19. The van der Waals surface area contributed by atoms with Gasteiger partial charge >= 0.3 is 0 Å². The highest BCUT2D eigenvalue weighted by Crippen LogP contribution is 2.34. The lowest BCUT2D eigenvalue weighted by Gasteiger charge is -2.46. The number of piperidine rings is 1. The summed E-state index contributed by atoms with van der Waals surface area (Å²) in [5.74, 6) is -3.03. The first-order chi connectivity index (χ1) is 22.9. The Bertz CT molecular complexity index is 1330. The molecule has 0 bridgehead atoms. The zero-order valence-electron chi connectivity index (χ0n) is 30.4. The molecule has 6 N–H and O–H groups in total. The molecule has 2 aliphatic rings. The zero-order chi connectivity index (χ0) is 36.5. The molecular formula is C36H57N7O6. The Balaban J connectivity index is 1.80. The summed E-state index contributed by atoms with van der Waals surface area (Å²) in [5, 5.41) is 17.5. The van der Waals surface area contributed by atoms with Crippen LogP contribution in [0.4, 0.5) is 0 Å². The average molecular weight is 684 g/mol. The molecule has 0 saturated carbocycles. The van der Waals surface area contributed by atoms with Crippen LogP contribution in [0.15, 0.2) is 30.3 Å². The minimum Gasteiger partial charge on any atom is -0.355 e. The summed E-state index contributed by atoms with van der Waals surface area (Å²) in [6.45, 7) is 13.5. The molecule has 3 rings (SSSR count). The summed E-state index contributed by atoms with van der Waals surface area (Å²) >= 11 is 0. The second-order valence-corrected chi connectivity index (χ2v) is 15.4. The number of rotatable bonds is 6. The maximum atomic E-state index is 13.7. The van der Waals surface area contributed by atoms with Gasteiger partial charge in [0, 0.05) is 37.5 Å². The SMILES string of the molecule is CC(C)[C@H]1NC(=O)[C@@H](NC(=O)CC2CC(C)(C)NC(C)(C)C2)CCCNC(=O)CN(C)C(=O)[C@H](Cc2ccccc2)NC(=O)[C@@H](C)NC1=O. The van der Waals surface area contributed by atoms with Crippen LogP contribution < -0.4 is 31.9 Å². The standard InChI is InChI=1S/C36H57N7O6/c1-22(2)30-33(48)38-23(3)31(46)40-27(17-24-13-10-9-11-14-24)34(49)43(8)21-29(45)37-16-12-15-26(32(47)41-30)39-28(44)18-25-19-35(4,5)42-36(6,7)20-25/h9-11,13-14,22-23,25-27,30,42H,12,15-21H2,1-8H3,(H,37,45)(H,38,48)(H,39,44)(H,40,46)(H,41,47)/t23-,26+,27+,30-/m1/s1. The monoisotopic (exact) mass is 683 g/mol. The average Bonchev–Trinajstić information content (AvgIpc) is 2.98. The molecule has 13 heteroatoms. The molecule has 6 amide bonds. The second-order valence-electron chi connectivity index (χ2n) is 15.4. The number of hydrogen-bond donors (Lipinski definition) is 6. The van der Waals surface area contributed by atoms with E-state index >= 15 is 0 Å². The molecule has 4 atom stereocenters. The number of nitrogens with one attached hydrogen (secondary N) is 6. The third kappa shape index (κ3) is 12.4. The molecule has 0 unspecified atom stereocenters. The second kappa shape index (κ2) is 17.1. The number of likely N-dealkylation sites (N-methyl/N-ethyl adjacent to an activating group) is 1. The van der Waals surface area contributed by atoms with Gasteiger partial charge in [-0.05, 0) is 77.7 Å². The van der Waals surface area contributed by atoms with Crippen LogP contribution in [0, 0.1) is 11.8 Å². The zero-order valence-corrected chi connectivity index (χ0v) is 30.4. The summed E-state index contributed by atoms with van der Waals surface area (Å²) in [4.78, 5) is 81.4. The first kappa shape index (κ1) is 39.4. The van der Waals surface area contributed by atoms with Crippen LogP contribution in [-0.4, -0.2) is 95.7 Å². The molecule has 0 aromatic heterocycles. The number of nitrogens with zero attached hydrogens (tertiary/aromatic N) is 1. The van der Waals surface area contributed by atoms with Crippen molar-refractivity contribution in [2.75, 3.05) is 20.1 Å². The van der Waals surface area contributed by atoms with Crippen molar-refractivity contribution in [2.45, 2.75) is 122 Å². The lowest BCUT2D eigenvalue weighted by Crippen LogP contribution is -2.59. The maximum absolute atomic E-state index is 13.7. The van der Waals surface area contributed by atoms with Crippen molar-refractivity contribution < 1.29 is 28.8 Å². The fourth-order valence-corrected chi connectivity index (χ4v) is 7.12. The molecule has 13 nitrogen and oxygen atoms in total. The smallest absolute Gasteiger partial charge is 0.245 e. The van der Waals surface area contributed by atoms with Crippen molar-refractivity contribution >= 4 is 35.4 Å². The predicted octanol–water partition coefficient (Wildman–Crippen LogP) is 1.16. The van der Waals surface area contributed by atoms with E-state index in [0.29, 0.717) is 6.42 Å². The van der Waals surface area contributed by atoms with Gasteiger partial charge in [0.2, 0.25) is 35.4 Å². The highest BCUT2D eigenvalue weighted by Gasteiger charge is 2.39. The van der Waals surface area contributed by atoms with E-state index in [1.807, 2.05) is 30.3 Å². The van der Waals surface area contributed by atoms with E-state index in [2.05, 4.69) is 59.6 Å². The van der Waals surface area contributed by atoms with Crippen LogP contribution in [0.25, 0.3) is 0 Å². The third-order valence-electron chi connectivity index (χ3n) is 9.05. The van der Waals surface area contributed by atoms with Crippen LogP contribution in [0.1, 0.15) is 86.1 Å². The van der Waals surface area contributed by atoms with E-state index in [1.54, 1.807) is 13.8 Å². The van der Waals surface area contributed by atoms with Crippen LogP contribution in [-0.2, 0) is 35.2 Å². The molecule has 272 valence electrons. The quantitative estimate of drug-likeness (QED) is 0.261. The predicted molar refractivity (Wildman–Crippen MR) is 187 cm³/mol. The van der Waals surface area contributed by atoms with E-state index in [1.165, 1.54) is 18.9 Å². The fraction of sp³-hybridized carbons (Fsp3) is 0.667. The maximum Gasteiger partial charge on any atom is 0.245 e.